The molecule has 2 unspecified atom stereocenters. The van der Waals surface area contributed by atoms with Gasteiger partial charge in [-0.25, -0.2) is 13.1 Å². The summed E-state index contributed by atoms with van der Waals surface area (Å²) in [5.74, 6) is 0.392. The van der Waals surface area contributed by atoms with E-state index < -0.39 is 10.0 Å². The predicted octanol–water partition coefficient (Wildman–Crippen LogP) is 2.56. The van der Waals surface area contributed by atoms with E-state index in [1.165, 1.54) is 0 Å². The minimum absolute atomic E-state index is 0.0352. The van der Waals surface area contributed by atoms with Gasteiger partial charge in [-0.1, -0.05) is 31.5 Å². The summed E-state index contributed by atoms with van der Waals surface area (Å²) in [6.45, 7) is 7.69. The Balaban J connectivity index is 1.93. The van der Waals surface area contributed by atoms with Gasteiger partial charge in [0.25, 0.3) is 0 Å². The van der Waals surface area contributed by atoms with Gasteiger partial charge in [-0.05, 0) is 44.2 Å². The van der Waals surface area contributed by atoms with E-state index in [2.05, 4.69) is 4.72 Å². The van der Waals surface area contributed by atoms with Crippen LogP contribution in [0.2, 0.25) is 0 Å². The number of benzene rings is 1. The van der Waals surface area contributed by atoms with Crippen LogP contribution in [-0.4, -0.2) is 38.9 Å². The average molecular weight is 353 g/mol. The molecule has 0 spiro atoms. The minimum atomic E-state index is -3.49. The van der Waals surface area contributed by atoms with Crippen molar-refractivity contribution in [3.05, 3.63) is 29.8 Å². The van der Waals surface area contributed by atoms with Gasteiger partial charge < -0.3 is 4.90 Å². The zero-order valence-electron chi connectivity index (χ0n) is 14.8. The topological polar surface area (TPSA) is 66.5 Å². The first kappa shape index (κ1) is 18.9. The van der Waals surface area contributed by atoms with Crippen molar-refractivity contribution in [2.24, 2.45) is 11.8 Å². The van der Waals surface area contributed by atoms with Gasteiger partial charge in [-0.2, -0.15) is 0 Å². The third-order valence-electron chi connectivity index (χ3n) is 4.76. The third-order valence-corrected chi connectivity index (χ3v) is 6.20. The van der Waals surface area contributed by atoms with Crippen LogP contribution in [0.1, 0.15) is 38.7 Å². The van der Waals surface area contributed by atoms with Crippen molar-refractivity contribution in [1.29, 1.82) is 0 Å². The molecule has 1 N–H and O–H groups in total. The molecule has 1 aromatic carbocycles. The third kappa shape index (κ3) is 4.80. The number of amides is 1. The number of hydrogen-bond acceptors (Lipinski definition) is 3. The van der Waals surface area contributed by atoms with Crippen LogP contribution >= 0.6 is 0 Å². The first-order valence-corrected chi connectivity index (χ1v) is 10.2. The molecule has 0 aromatic heterocycles. The molecule has 1 heterocycles. The van der Waals surface area contributed by atoms with E-state index in [0.29, 0.717) is 13.1 Å². The molecule has 2 atom stereocenters. The Morgan fingerprint density at radius 1 is 1.33 bits per heavy atom. The van der Waals surface area contributed by atoms with Gasteiger partial charge in [0.05, 0.1) is 4.90 Å². The monoisotopic (exact) mass is 352 g/mol. The molecule has 1 fully saturated rings. The molecule has 1 aliphatic rings. The number of likely N-dealkylation sites (tertiary alicyclic amines) is 1. The molecular formula is C18H28N2O3S. The molecule has 0 saturated carbocycles. The van der Waals surface area contributed by atoms with Crippen LogP contribution < -0.4 is 4.72 Å². The fourth-order valence-corrected chi connectivity index (χ4v) is 4.06. The number of rotatable bonds is 6. The second-order valence-electron chi connectivity index (χ2n) is 6.77. The van der Waals surface area contributed by atoms with E-state index in [0.717, 1.165) is 31.4 Å². The second-order valence-corrected chi connectivity index (χ2v) is 8.53. The quantitative estimate of drug-likeness (QED) is 0.856. The number of nitrogens with one attached hydrogen (secondary N) is 1. The highest BCUT2D eigenvalue weighted by atomic mass is 32.2. The molecule has 5 nitrogen and oxygen atoms in total. The first-order valence-electron chi connectivity index (χ1n) is 8.68. The number of sulfonamides is 1. The van der Waals surface area contributed by atoms with E-state index in [-0.39, 0.29) is 22.6 Å². The van der Waals surface area contributed by atoms with Crippen LogP contribution in [-0.2, 0) is 14.8 Å². The van der Waals surface area contributed by atoms with Crippen molar-refractivity contribution < 1.29 is 13.2 Å². The van der Waals surface area contributed by atoms with Crippen LogP contribution in [0.25, 0.3) is 0 Å². The van der Waals surface area contributed by atoms with Crippen molar-refractivity contribution in [2.75, 3.05) is 19.6 Å². The van der Waals surface area contributed by atoms with Crippen LogP contribution in [0, 0.1) is 18.8 Å². The van der Waals surface area contributed by atoms with Crippen LogP contribution in [0.3, 0.4) is 0 Å². The average Bonchev–Trinajstić information content (AvgIpc) is 2.59. The summed E-state index contributed by atoms with van der Waals surface area (Å²) < 4.78 is 27.4. The van der Waals surface area contributed by atoms with E-state index >= 15 is 0 Å². The van der Waals surface area contributed by atoms with Crippen LogP contribution in [0.15, 0.2) is 29.2 Å². The fraction of sp³-hybridized carbons (Fsp3) is 0.611. The molecule has 0 bridgehead atoms. The highest BCUT2D eigenvalue weighted by Gasteiger charge is 2.27. The van der Waals surface area contributed by atoms with Crippen LogP contribution in [0.5, 0.6) is 0 Å². The number of aryl methyl sites for hydroxylation is 1. The van der Waals surface area contributed by atoms with E-state index in [9.17, 15) is 13.2 Å². The number of carbonyl (C=O) groups is 1. The molecule has 6 heteroatoms. The Bertz CT molecular complexity index is 655. The molecule has 0 radical (unpaired) electrons. The largest absolute Gasteiger partial charge is 0.342 e. The number of hydrogen-bond donors (Lipinski definition) is 1. The van der Waals surface area contributed by atoms with Gasteiger partial charge in [0, 0.05) is 25.6 Å². The van der Waals surface area contributed by atoms with Gasteiger partial charge >= 0.3 is 0 Å². The Morgan fingerprint density at radius 2 is 2.00 bits per heavy atom. The van der Waals surface area contributed by atoms with E-state index in [1.807, 2.05) is 25.7 Å². The maximum atomic E-state index is 12.4. The zero-order chi connectivity index (χ0) is 17.7. The zero-order valence-corrected chi connectivity index (χ0v) is 15.6. The normalized spacial score (nSPS) is 20.0. The minimum Gasteiger partial charge on any atom is -0.342 e. The summed E-state index contributed by atoms with van der Waals surface area (Å²) in [5, 5.41) is 0. The van der Waals surface area contributed by atoms with Crippen molar-refractivity contribution >= 4 is 15.9 Å². The predicted molar refractivity (Wildman–Crippen MR) is 95.1 cm³/mol. The maximum absolute atomic E-state index is 12.4. The van der Waals surface area contributed by atoms with Gasteiger partial charge in [0.15, 0.2) is 0 Å². The van der Waals surface area contributed by atoms with E-state index in [4.69, 9.17) is 0 Å². The summed E-state index contributed by atoms with van der Waals surface area (Å²) in [7, 11) is -3.49. The number of carbonyl (C=O) groups excluding carboxylic acids is 1. The SMILES string of the molecule is CCC(C)C(=O)N1CCCC(CNS(=O)(=O)c2ccc(C)cc2)C1. The molecule has 1 aromatic rings. The molecule has 0 aliphatic carbocycles. The summed E-state index contributed by atoms with van der Waals surface area (Å²) in [5.41, 5.74) is 1.03. The van der Waals surface area contributed by atoms with Crippen molar-refractivity contribution in [3.8, 4) is 0 Å². The molecule has 134 valence electrons. The Hall–Kier alpha value is -1.40. The first-order chi connectivity index (χ1) is 11.3. The summed E-state index contributed by atoms with van der Waals surface area (Å²) in [6, 6.07) is 6.83. The van der Waals surface area contributed by atoms with Crippen molar-refractivity contribution in [1.82, 2.24) is 9.62 Å². The maximum Gasteiger partial charge on any atom is 0.240 e. The highest BCUT2D eigenvalue weighted by Crippen LogP contribution is 2.19. The summed E-state index contributed by atoms with van der Waals surface area (Å²) >= 11 is 0. The Labute approximate surface area is 145 Å². The van der Waals surface area contributed by atoms with Crippen molar-refractivity contribution in [3.63, 3.8) is 0 Å². The molecule has 2 rings (SSSR count). The smallest absolute Gasteiger partial charge is 0.240 e. The standard InChI is InChI=1S/C18H28N2O3S/c1-4-15(3)18(21)20-11-5-6-16(13-20)12-19-24(22,23)17-9-7-14(2)8-10-17/h7-10,15-16,19H,4-6,11-13H2,1-3H3. The molecule has 1 saturated heterocycles. The van der Waals surface area contributed by atoms with Gasteiger partial charge in [-0.15, -0.1) is 0 Å². The van der Waals surface area contributed by atoms with E-state index in [1.54, 1.807) is 24.3 Å². The van der Waals surface area contributed by atoms with Crippen molar-refractivity contribution in [2.45, 2.75) is 44.9 Å². The molecular weight excluding hydrogens is 324 g/mol. The number of nitrogens with zero attached hydrogens (tertiary/aromatic N) is 1. The fourth-order valence-electron chi connectivity index (χ4n) is 2.95. The molecule has 1 amide bonds. The second kappa shape index (κ2) is 8.12. The summed E-state index contributed by atoms with van der Waals surface area (Å²) in [6.07, 6.45) is 2.71. The molecule has 1 aliphatic heterocycles. The van der Waals surface area contributed by atoms with Gasteiger partial charge in [0.1, 0.15) is 0 Å². The lowest BCUT2D eigenvalue weighted by Gasteiger charge is -2.34. The Morgan fingerprint density at radius 3 is 2.62 bits per heavy atom. The Kier molecular flexibility index (Phi) is 6.40. The van der Waals surface area contributed by atoms with Crippen LogP contribution in [0.4, 0.5) is 0 Å². The number of piperidine rings is 1. The lowest BCUT2D eigenvalue weighted by Crippen LogP contribution is -2.45. The summed E-state index contributed by atoms with van der Waals surface area (Å²) in [4.78, 5) is 14.5. The lowest BCUT2D eigenvalue weighted by molar-refractivity contribution is -0.136. The highest BCUT2D eigenvalue weighted by molar-refractivity contribution is 7.89. The lowest BCUT2D eigenvalue weighted by atomic mass is 9.96. The molecule has 24 heavy (non-hydrogen) atoms. The van der Waals surface area contributed by atoms with Gasteiger partial charge in [0.2, 0.25) is 15.9 Å². The van der Waals surface area contributed by atoms with Gasteiger partial charge in [-0.3, -0.25) is 4.79 Å².